The molecule has 0 spiro atoms. The van der Waals surface area contributed by atoms with E-state index >= 15 is 0 Å². The van der Waals surface area contributed by atoms with E-state index in [0.29, 0.717) is 5.82 Å². The number of fused-ring (bicyclic) bond motifs is 1. The quantitative estimate of drug-likeness (QED) is 0.722. The van der Waals surface area contributed by atoms with Gasteiger partial charge in [0.1, 0.15) is 16.7 Å². The van der Waals surface area contributed by atoms with Gasteiger partial charge in [-0.2, -0.15) is 5.26 Å². The second-order valence-electron chi connectivity index (χ2n) is 4.56. The summed E-state index contributed by atoms with van der Waals surface area (Å²) in [6.45, 7) is 3.74. The number of aryl methyl sites for hydroxylation is 2. The fourth-order valence-electron chi connectivity index (χ4n) is 2.15. The molecule has 3 aromatic rings. The van der Waals surface area contributed by atoms with Crippen molar-refractivity contribution in [2.24, 2.45) is 0 Å². The molecular weight excluding hydrogens is 268 g/mol. The van der Waals surface area contributed by atoms with Gasteiger partial charge in [-0.05, 0) is 32.0 Å². The summed E-state index contributed by atoms with van der Waals surface area (Å²) in [7, 11) is 0. The minimum Gasteiger partial charge on any atom is -0.239 e. The Morgan fingerprint density at radius 3 is 2.65 bits per heavy atom. The smallest absolute Gasteiger partial charge is 0.140 e. The summed E-state index contributed by atoms with van der Waals surface area (Å²) in [6, 6.07) is 12.1. The second-order valence-corrected chi connectivity index (χ2v) is 5.63. The number of nitrogens with zero attached hydrogens (tertiary/aromatic N) is 4. The number of hydrogen-bond donors (Lipinski definition) is 0. The Bertz CT molecular complexity index is 763. The number of aromatic nitrogens is 3. The van der Waals surface area contributed by atoms with Crippen LogP contribution in [0, 0.1) is 25.2 Å². The fourth-order valence-corrected chi connectivity index (χ4v) is 3.18. The van der Waals surface area contributed by atoms with Crippen LogP contribution in [0.4, 0.5) is 0 Å². The summed E-state index contributed by atoms with van der Waals surface area (Å²) in [5, 5.41) is 10.3. The molecule has 20 heavy (non-hydrogen) atoms. The lowest BCUT2D eigenvalue weighted by molar-refractivity contribution is 0.889. The SMILES string of the molecule is Cc1cc(C(C#N)c2nc3ccccc3s2)nc(C)n1. The van der Waals surface area contributed by atoms with Crippen molar-refractivity contribution >= 4 is 21.6 Å². The molecule has 2 aromatic heterocycles. The molecule has 0 N–H and O–H groups in total. The first kappa shape index (κ1) is 12.7. The lowest BCUT2D eigenvalue weighted by atomic mass is 10.1. The molecule has 0 amide bonds. The van der Waals surface area contributed by atoms with E-state index in [9.17, 15) is 5.26 Å². The Morgan fingerprint density at radius 1 is 1.15 bits per heavy atom. The van der Waals surface area contributed by atoms with E-state index in [-0.39, 0.29) is 0 Å². The van der Waals surface area contributed by atoms with E-state index in [1.54, 1.807) is 11.3 Å². The molecule has 0 bridgehead atoms. The molecule has 0 aliphatic carbocycles. The second kappa shape index (κ2) is 4.99. The molecule has 0 aliphatic rings. The highest BCUT2D eigenvalue weighted by Gasteiger charge is 2.20. The molecule has 0 fully saturated rings. The minimum atomic E-state index is -0.437. The highest BCUT2D eigenvalue weighted by atomic mass is 32.1. The minimum absolute atomic E-state index is 0.437. The summed E-state index contributed by atoms with van der Waals surface area (Å²) in [6.07, 6.45) is 0. The van der Waals surface area contributed by atoms with Gasteiger partial charge in [0.15, 0.2) is 0 Å². The maximum atomic E-state index is 9.50. The van der Waals surface area contributed by atoms with E-state index < -0.39 is 5.92 Å². The lowest BCUT2D eigenvalue weighted by Gasteiger charge is -2.06. The first-order valence-electron chi connectivity index (χ1n) is 6.24. The van der Waals surface area contributed by atoms with Gasteiger partial charge in [0, 0.05) is 5.69 Å². The van der Waals surface area contributed by atoms with Gasteiger partial charge in [0.25, 0.3) is 0 Å². The van der Waals surface area contributed by atoms with Gasteiger partial charge in [-0.25, -0.2) is 15.0 Å². The van der Waals surface area contributed by atoms with Gasteiger partial charge < -0.3 is 0 Å². The number of thiazole rings is 1. The number of hydrogen-bond acceptors (Lipinski definition) is 5. The molecule has 3 rings (SSSR count). The molecule has 1 aromatic carbocycles. The summed E-state index contributed by atoms with van der Waals surface area (Å²) >= 11 is 1.54. The highest BCUT2D eigenvalue weighted by Crippen LogP contribution is 2.30. The van der Waals surface area contributed by atoms with Crippen molar-refractivity contribution in [3.05, 3.63) is 52.6 Å². The van der Waals surface area contributed by atoms with Crippen LogP contribution in [-0.4, -0.2) is 15.0 Å². The van der Waals surface area contributed by atoms with Crippen LogP contribution >= 0.6 is 11.3 Å². The van der Waals surface area contributed by atoms with E-state index in [2.05, 4.69) is 21.0 Å². The van der Waals surface area contributed by atoms with E-state index in [0.717, 1.165) is 26.6 Å². The average Bonchev–Trinajstić information content (AvgIpc) is 2.81. The van der Waals surface area contributed by atoms with Crippen molar-refractivity contribution in [1.29, 1.82) is 5.26 Å². The summed E-state index contributed by atoms with van der Waals surface area (Å²) in [5.41, 5.74) is 2.51. The van der Waals surface area contributed by atoms with Gasteiger partial charge >= 0.3 is 0 Å². The zero-order valence-electron chi connectivity index (χ0n) is 11.2. The third-order valence-electron chi connectivity index (χ3n) is 2.97. The molecule has 2 heterocycles. The van der Waals surface area contributed by atoms with Crippen LogP contribution in [0.1, 0.15) is 28.1 Å². The molecule has 1 unspecified atom stereocenters. The van der Waals surface area contributed by atoms with Crippen LogP contribution in [0.15, 0.2) is 30.3 Å². The molecule has 0 saturated heterocycles. The third kappa shape index (κ3) is 2.26. The fraction of sp³-hybridized carbons (Fsp3) is 0.200. The lowest BCUT2D eigenvalue weighted by Crippen LogP contribution is -2.04. The van der Waals surface area contributed by atoms with Crippen LogP contribution in [-0.2, 0) is 0 Å². The molecule has 0 radical (unpaired) electrons. The Kier molecular flexibility index (Phi) is 3.17. The van der Waals surface area contributed by atoms with Crippen molar-refractivity contribution in [2.75, 3.05) is 0 Å². The number of benzene rings is 1. The van der Waals surface area contributed by atoms with Gasteiger partial charge in [0.05, 0.1) is 22.0 Å². The molecule has 4 nitrogen and oxygen atoms in total. The van der Waals surface area contributed by atoms with Crippen molar-refractivity contribution in [3.63, 3.8) is 0 Å². The van der Waals surface area contributed by atoms with Gasteiger partial charge in [-0.1, -0.05) is 12.1 Å². The van der Waals surface area contributed by atoms with Gasteiger partial charge in [-0.3, -0.25) is 0 Å². The topological polar surface area (TPSA) is 62.5 Å². The van der Waals surface area contributed by atoms with Crippen LogP contribution in [0.2, 0.25) is 0 Å². The number of rotatable bonds is 2. The normalized spacial score (nSPS) is 12.2. The first-order chi connectivity index (χ1) is 9.67. The number of para-hydroxylation sites is 1. The van der Waals surface area contributed by atoms with Crippen molar-refractivity contribution < 1.29 is 0 Å². The summed E-state index contributed by atoms with van der Waals surface area (Å²) < 4.78 is 1.09. The predicted octanol–water partition coefficient (Wildman–Crippen LogP) is 3.36. The molecule has 98 valence electrons. The molecule has 0 aliphatic heterocycles. The summed E-state index contributed by atoms with van der Waals surface area (Å²) in [5.74, 6) is 0.245. The van der Waals surface area contributed by atoms with Gasteiger partial charge in [0.2, 0.25) is 0 Å². The molecular formula is C15H12N4S. The molecule has 0 saturated carbocycles. The van der Waals surface area contributed by atoms with Crippen molar-refractivity contribution in [1.82, 2.24) is 15.0 Å². The Hall–Kier alpha value is -2.32. The monoisotopic (exact) mass is 280 g/mol. The van der Waals surface area contributed by atoms with Gasteiger partial charge in [-0.15, -0.1) is 11.3 Å². The maximum Gasteiger partial charge on any atom is 0.140 e. The standard InChI is InChI=1S/C15H12N4S/c1-9-7-13(18-10(2)17-9)11(8-16)15-19-12-5-3-4-6-14(12)20-15/h3-7,11H,1-2H3. The molecule has 5 heteroatoms. The van der Waals surface area contributed by atoms with Crippen LogP contribution in [0.25, 0.3) is 10.2 Å². The largest absolute Gasteiger partial charge is 0.239 e. The highest BCUT2D eigenvalue weighted by molar-refractivity contribution is 7.18. The number of nitriles is 1. The predicted molar refractivity (Wildman–Crippen MR) is 78.6 cm³/mol. The van der Waals surface area contributed by atoms with E-state index in [1.165, 1.54) is 0 Å². The Morgan fingerprint density at radius 2 is 1.95 bits per heavy atom. The first-order valence-corrected chi connectivity index (χ1v) is 7.06. The third-order valence-corrected chi connectivity index (χ3v) is 4.07. The average molecular weight is 280 g/mol. The van der Waals surface area contributed by atoms with Crippen molar-refractivity contribution in [3.8, 4) is 6.07 Å². The van der Waals surface area contributed by atoms with Crippen LogP contribution in [0.5, 0.6) is 0 Å². The summed E-state index contributed by atoms with van der Waals surface area (Å²) in [4.78, 5) is 13.2. The maximum absolute atomic E-state index is 9.50. The molecule has 1 atom stereocenters. The van der Waals surface area contributed by atoms with Crippen molar-refractivity contribution in [2.45, 2.75) is 19.8 Å². The van der Waals surface area contributed by atoms with E-state index in [1.807, 2.05) is 44.2 Å². The zero-order chi connectivity index (χ0) is 14.1. The van der Waals surface area contributed by atoms with E-state index in [4.69, 9.17) is 0 Å². The van der Waals surface area contributed by atoms with Crippen LogP contribution < -0.4 is 0 Å². The van der Waals surface area contributed by atoms with Crippen LogP contribution in [0.3, 0.4) is 0 Å². The Balaban J connectivity index is 2.11. The Labute approximate surface area is 120 Å². The zero-order valence-corrected chi connectivity index (χ0v) is 12.0.